The lowest BCUT2D eigenvalue weighted by atomic mass is 10.2. The topological polar surface area (TPSA) is 99.8 Å². The number of nitrogens with zero attached hydrogens (tertiary/aromatic N) is 1. The molecule has 8 heteroatoms. The minimum Gasteiger partial charge on any atom is -0.497 e. The number of ether oxygens (including phenoxy) is 1. The Bertz CT molecular complexity index is 869. The van der Waals surface area contributed by atoms with Gasteiger partial charge in [-0.25, -0.2) is 0 Å². The van der Waals surface area contributed by atoms with Gasteiger partial charge in [-0.15, -0.1) is 0 Å². The van der Waals surface area contributed by atoms with Gasteiger partial charge >= 0.3 is 0 Å². The average Bonchev–Trinajstić information content (AvgIpc) is 2.72. The van der Waals surface area contributed by atoms with Gasteiger partial charge in [-0.05, 0) is 36.9 Å². The molecular weight excluding hydrogens is 372 g/mol. The summed E-state index contributed by atoms with van der Waals surface area (Å²) >= 11 is 0. The van der Waals surface area contributed by atoms with E-state index in [1.165, 1.54) is 0 Å². The first-order chi connectivity index (χ1) is 13.9. The summed E-state index contributed by atoms with van der Waals surface area (Å²) < 4.78 is 5.14. The fourth-order valence-corrected chi connectivity index (χ4v) is 2.67. The summed E-state index contributed by atoms with van der Waals surface area (Å²) in [5.41, 5.74) is 1.60. The minimum atomic E-state index is -0.268. The molecular formula is C21H26N4O4. The zero-order valence-electron chi connectivity index (χ0n) is 16.8. The van der Waals surface area contributed by atoms with Crippen LogP contribution in [0.25, 0.3) is 0 Å². The molecule has 0 bridgehead atoms. The van der Waals surface area contributed by atoms with Gasteiger partial charge in [0.25, 0.3) is 5.91 Å². The summed E-state index contributed by atoms with van der Waals surface area (Å²) in [6, 6.07) is 13.7. The predicted octanol–water partition coefficient (Wildman–Crippen LogP) is 1.95. The molecule has 0 unspecified atom stereocenters. The van der Waals surface area contributed by atoms with Crippen LogP contribution >= 0.6 is 0 Å². The van der Waals surface area contributed by atoms with Crippen LogP contribution in [0.4, 0.5) is 11.4 Å². The highest BCUT2D eigenvalue weighted by atomic mass is 16.5. The maximum Gasteiger partial charge on any atom is 0.251 e. The lowest BCUT2D eigenvalue weighted by Gasteiger charge is -2.19. The monoisotopic (exact) mass is 398 g/mol. The highest BCUT2D eigenvalue weighted by Crippen LogP contribution is 2.16. The van der Waals surface area contributed by atoms with Crippen LogP contribution in [0.15, 0.2) is 48.5 Å². The molecule has 2 aromatic carbocycles. The lowest BCUT2D eigenvalue weighted by Crippen LogP contribution is -2.38. The molecule has 0 atom stereocenters. The predicted molar refractivity (Wildman–Crippen MR) is 112 cm³/mol. The molecule has 154 valence electrons. The number of anilines is 2. The standard InChI is InChI=1S/C21H26N4O4/c1-4-25(14-20(27)24-17-9-6-10-18(12-17)29-3)13-19(26)23-16-8-5-7-15(11-16)21(28)22-2/h5-12H,4,13-14H2,1-3H3,(H,22,28)(H,23,26)(H,24,27). The molecule has 2 aromatic rings. The average molecular weight is 398 g/mol. The number of nitrogens with one attached hydrogen (secondary N) is 3. The lowest BCUT2D eigenvalue weighted by molar-refractivity contribution is -0.119. The van der Waals surface area contributed by atoms with E-state index in [4.69, 9.17) is 4.74 Å². The van der Waals surface area contributed by atoms with Crippen molar-refractivity contribution in [3.8, 4) is 5.75 Å². The molecule has 0 aliphatic carbocycles. The zero-order chi connectivity index (χ0) is 21.2. The SMILES string of the molecule is CCN(CC(=O)Nc1cccc(OC)c1)CC(=O)Nc1cccc(C(=O)NC)c1. The Balaban J connectivity index is 1.90. The van der Waals surface area contributed by atoms with E-state index in [1.54, 1.807) is 67.6 Å². The van der Waals surface area contributed by atoms with Gasteiger partial charge in [-0.1, -0.05) is 19.1 Å². The fourth-order valence-electron chi connectivity index (χ4n) is 2.67. The Kier molecular flexibility index (Phi) is 8.17. The van der Waals surface area contributed by atoms with Crippen molar-refractivity contribution in [2.45, 2.75) is 6.92 Å². The molecule has 3 amide bonds. The highest BCUT2D eigenvalue weighted by Gasteiger charge is 2.14. The van der Waals surface area contributed by atoms with Crippen LogP contribution in [0.3, 0.4) is 0 Å². The van der Waals surface area contributed by atoms with Gasteiger partial charge in [-0.3, -0.25) is 19.3 Å². The third kappa shape index (κ3) is 6.93. The molecule has 0 aromatic heterocycles. The Morgan fingerprint density at radius 1 is 0.931 bits per heavy atom. The van der Waals surface area contributed by atoms with Gasteiger partial charge in [0.05, 0.1) is 20.2 Å². The number of carbonyl (C=O) groups is 3. The van der Waals surface area contributed by atoms with Crippen LogP contribution in [-0.4, -0.2) is 56.4 Å². The van der Waals surface area contributed by atoms with Crippen molar-refractivity contribution >= 4 is 29.1 Å². The van der Waals surface area contributed by atoms with Crippen molar-refractivity contribution in [1.82, 2.24) is 10.2 Å². The molecule has 0 fully saturated rings. The van der Waals surface area contributed by atoms with Gasteiger partial charge in [0.15, 0.2) is 0 Å². The normalized spacial score (nSPS) is 10.3. The summed E-state index contributed by atoms with van der Waals surface area (Å²) in [4.78, 5) is 38.1. The van der Waals surface area contributed by atoms with Crippen LogP contribution in [0.5, 0.6) is 5.75 Å². The van der Waals surface area contributed by atoms with Crippen molar-refractivity contribution in [3.05, 3.63) is 54.1 Å². The highest BCUT2D eigenvalue weighted by molar-refractivity contribution is 5.98. The van der Waals surface area contributed by atoms with E-state index in [2.05, 4.69) is 16.0 Å². The zero-order valence-corrected chi connectivity index (χ0v) is 16.8. The number of hydrogen-bond acceptors (Lipinski definition) is 5. The molecule has 0 heterocycles. The molecule has 8 nitrogen and oxygen atoms in total. The van der Waals surface area contributed by atoms with E-state index in [9.17, 15) is 14.4 Å². The molecule has 0 spiro atoms. The van der Waals surface area contributed by atoms with Gasteiger partial charge < -0.3 is 20.7 Å². The Hall–Kier alpha value is -3.39. The molecule has 0 aliphatic heterocycles. The smallest absolute Gasteiger partial charge is 0.251 e. The first kappa shape index (κ1) is 21.9. The second-order valence-electron chi connectivity index (χ2n) is 6.29. The van der Waals surface area contributed by atoms with Crippen LogP contribution in [0, 0.1) is 0 Å². The third-order valence-electron chi connectivity index (χ3n) is 4.17. The first-order valence-electron chi connectivity index (χ1n) is 9.23. The van der Waals surface area contributed by atoms with Crippen molar-refractivity contribution in [3.63, 3.8) is 0 Å². The van der Waals surface area contributed by atoms with Gasteiger partial charge in [0.2, 0.25) is 11.8 Å². The van der Waals surface area contributed by atoms with Crippen molar-refractivity contribution in [2.75, 3.05) is 44.4 Å². The van der Waals surface area contributed by atoms with E-state index in [0.717, 1.165) is 0 Å². The summed E-state index contributed by atoms with van der Waals surface area (Å²) in [5, 5.41) is 8.09. The molecule has 0 saturated heterocycles. The molecule has 0 saturated carbocycles. The Morgan fingerprint density at radius 2 is 1.52 bits per heavy atom. The van der Waals surface area contributed by atoms with Crippen molar-refractivity contribution < 1.29 is 19.1 Å². The maximum atomic E-state index is 12.4. The van der Waals surface area contributed by atoms with Crippen molar-refractivity contribution in [1.29, 1.82) is 0 Å². The first-order valence-corrected chi connectivity index (χ1v) is 9.23. The second kappa shape index (κ2) is 10.8. The van der Waals surface area contributed by atoms with Gasteiger partial charge in [0.1, 0.15) is 5.75 Å². The molecule has 29 heavy (non-hydrogen) atoms. The molecule has 2 rings (SSSR count). The molecule has 0 aliphatic rings. The van der Waals surface area contributed by atoms with Gasteiger partial charge in [-0.2, -0.15) is 0 Å². The van der Waals surface area contributed by atoms with E-state index >= 15 is 0 Å². The van der Waals surface area contributed by atoms with Crippen LogP contribution in [0.1, 0.15) is 17.3 Å². The summed E-state index contributed by atoms with van der Waals surface area (Å²) in [7, 11) is 3.10. The Labute approximate surface area is 170 Å². The number of methoxy groups -OCH3 is 1. The molecule has 3 N–H and O–H groups in total. The number of likely N-dealkylation sites (N-methyl/N-ethyl adjacent to an activating group) is 1. The van der Waals surface area contributed by atoms with E-state index in [-0.39, 0.29) is 30.8 Å². The van der Waals surface area contributed by atoms with E-state index in [1.807, 2.05) is 6.92 Å². The second-order valence-corrected chi connectivity index (χ2v) is 6.29. The summed E-state index contributed by atoms with van der Waals surface area (Å²) in [6.07, 6.45) is 0. The maximum absolute atomic E-state index is 12.4. The van der Waals surface area contributed by atoms with E-state index < -0.39 is 0 Å². The van der Waals surface area contributed by atoms with E-state index in [0.29, 0.717) is 29.2 Å². The van der Waals surface area contributed by atoms with Crippen molar-refractivity contribution in [2.24, 2.45) is 0 Å². The summed E-state index contributed by atoms with van der Waals surface area (Å²) in [5.74, 6) is -0.0800. The molecule has 0 radical (unpaired) electrons. The number of rotatable bonds is 9. The quantitative estimate of drug-likeness (QED) is 0.600. The van der Waals surface area contributed by atoms with Gasteiger partial charge in [0, 0.05) is 30.1 Å². The number of carbonyl (C=O) groups excluding carboxylic acids is 3. The van der Waals surface area contributed by atoms with Crippen LogP contribution in [-0.2, 0) is 9.59 Å². The number of amides is 3. The number of hydrogen-bond donors (Lipinski definition) is 3. The largest absolute Gasteiger partial charge is 0.497 e. The van der Waals surface area contributed by atoms with Crippen LogP contribution < -0.4 is 20.7 Å². The minimum absolute atomic E-state index is 0.0478. The van der Waals surface area contributed by atoms with Crippen LogP contribution in [0.2, 0.25) is 0 Å². The fraction of sp³-hybridized carbons (Fsp3) is 0.286. The third-order valence-corrected chi connectivity index (χ3v) is 4.17. The summed E-state index contributed by atoms with van der Waals surface area (Å²) in [6.45, 7) is 2.52. The Morgan fingerprint density at radius 3 is 2.07 bits per heavy atom. The number of benzene rings is 2.